The van der Waals surface area contributed by atoms with E-state index in [0.717, 1.165) is 24.8 Å². The summed E-state index contributed by atoms with van der Waals surface area (Å²) in [4.78, 5) is 16.3. The fourth-order valence-electron chi connectivity index (χ4n) is 2.12. The maximum atomic E-state index is 10.8. The van der Waals surface area contributed by atoms with Gasteiger partial charge in [-0.25, -0.2) is 0 Å². The SMILES string of the molecule is CCc1ccc2scc(CO[N+](=C=O)C3CC3)c2c1. The topological polar surface area (TPSA) is 29.3 Å². The van der Waals surface area contributed by atoms with Gasteiger partial charge in [-0.15, -0.1) is 11.3 Å². The smallest absolute Gasteiger partial charge is 0.260 e. The number of fused-ring (bicyclic) bond motifs is 1. The minimum absolute atomic E-state index is 0.244. The summed E-state index contributed by atoms with van der Waals surface area (Å²) in [5.74, 6) is 0. The van der Waals surface area contributed by atoms with Crippen LogP contribution in [0.3, 0.4) is 0 Å². The number of nitrogens with zero attached hydrogens (tertiary/aromatic N) is 1. The predicted molar refractivity (Wildman–Crippen MR) is 75.0 cm³/mol. The lowest BCUT2D eigenvalue weighted by Gasteiger charge is -2.00. The molecule has 0 spiro atoms. The lowest BCUT2D eigenvalue weighted by atomic mass is 10.1. The minimum atomic E-state index is 0.244. The highest BCUT2D eigenvalue weighted by atomic mass is 32.1. The van der Waals surface area contributed by atoms with Crippen molar-refractivity contribution in [3.63, 3.8) is 0 Å². The summed E-state index contributed by atoms with van der Waals surface area (Å²) in [7, 11) is 0. The Balaban J connectivity index is 1.82. The molecule has 0 unspecified atom stereocenters. The zero-order valence-corrected chi connectivity index (χ0v) is 11.7. The van der Waals surface area contributed by atoms with Crippen LogP contribution in [0.5, 0.6) is 0 Å². The largest absolute Gasteiger partial charge is 0.477 e. The zero-order chi connectivity index (χ0) is 13.2. The molecule has 1 aromatic carbocycles. The van der Waals surface area contributed by atoms with Gasteiger partial charge in [0.2, 0.25) is 6.04 Å². The van der Waals surface area contributed by atoms with Crippen LogP contribution in [0, 0.1) is 0 Å². The molecule has 3 rings (SSSR count). The summed E-state index contributed by atoms with van der Waals surface area (Å²) >= 11 is 1.72. The monoisotopic (exact) mass is 274 g/mol. The van der Waals surface area contributed by atoms with E-state index in [0.29, 0.717) is 6.61 Å². The van der Waals surface area contributed by atoms with Gasteiger partial charge in [-0.1, -0.05) is 13.0 Å². The molecule has 1 aromatic heterocycles. The number of aryl methyl sites for hydroxylation is 1. The van der Waals surface area contributed by atoms with Crippen LogP contribution in [-0.4, -0.2) is 16.9 Å². The molecule has 0 radical (unpaired) electrons. The number of rotatable bonds is 5. The van der Waals surface area contributed by atoms with Gasteiger partial charge in [0.25, 0.3) is 0 Å². The lowest BCUT2D eigenvalue weighted by Crippen LogP contribution is -2.13. The molecule has 0 bridgehead atoms. The van der Waals surface area contributed by atoms with Crippen molar-refractivity contribution in [3.05, 3.63) is 34.7 Å². The van der Waals surface area contributed by atoms with Gasteiger partial charge in [0.05, 0.1) is 4.74 Å². The average Bonchev–Trinajstić information content (AvgIpc) is 3.20. The fourth-order valence-corrected chi connectivity index (χ4v) is 3.04. The molecule has 0 atom stereocenters. The fraction of sp³-hybridized carbons (Fsp3) is 0.400. The molecule has 2 aromatic rings. The normalized spacial score (nSPS) is 14.4. The van der Waals surface area contributed by atoms with Crippen molar-refractivity contribution in [2.24, 2.45) is 0 Å². The molecule has 1 fully saturated rings. The summed E-state index contributed by atoms with van der Waals surface area (Å²) in [5.41, 5.74) is 2.48. The molecule has 1 aliphatic rings. The minimum Gasteiger partial charge on any atom is -0.260 e. The third-order valence-corrected chi connectivity index (χ3v) is 4.47. The second kappa shape index (κ2) is 5.16. The van der Waals surface area contributed by atoms with Gasteiger partial charge < -0.3 is 0 Å². The number of hydroxylamine groups is 1. The Bertz CT molecular complexity index is 651. The first kappa shape index (κ1) is 12.4. The predicted octanol–water partition coefficient (Wildman–Crippen LogP) is 3.41. The summed E-state index contributed by atoms with van der Waals surface area (Å²) in [6.45, 7) is 2.60. The van der Waals surface area contributed by atoms with Gasteiger partial charge in [0.15, 0.2) is 6.61 Å². The standard InChI is InChI=1S/C15H16NO2S/c1-2-11-3-6-15-14(7-11)12(9-19-15)8-18-16(10-17)13-4-5-13/h3,6-7,9,13H,2,4-5,8H2,1H3/q+1. The number of carbonyl (C=O) groups excluding carboxylic acids is 1. The van der Waals surface area contributed by atoms with Crippen molar-refractivity contribution in [3.8, 4) is 0 Å². The number of thiophene rings is 1. The van der Waals surface area contributed by atoms with Crippen LogP contribution in [-0.2, 0) is 22.7 Å². The molecule has 1 heterocycles. The van der Waals surface area contributed by atoms with Gasteiger partial charge in [-0.2, -0.15) is 4.79 Å². The van der Waals surface area contributed by atoms with E-state index in [9.17, 15) is 4.79 Å². The Kier molecular flexibility index (Phi) is 3.36. The summed E-state index contributed by atoms with van der Waals surface area (Å²) < 4.78 is 2.61. The van der Waals surface area contributed by atoms with Crippen LogP contribution >= 0.6 is 11.3 Å². The first-order chi connectivity index (χ1) is 9.31. The molecule has 0 N–H and O–H groups in total. The molecule has 98 valence electrons. The summed E-state index contributed by atoms with van der Waals surface area (Å²) in [5, 5.41) is 3.35. The number of hydrogen-bond acceptors (Lipinski definition) is 3. The van der Waals surface area contributed by atoms with Crippen molar-refractivity contribution >= 4 is 27.5 Å². The number of benzene rings is 1. The van der Waals surface area contributed by atoms with E-state index >= 15 is 0 Å². The zero-order valence-electron chi connectivity index (χ0n) is 10.9. The number of isocyanates is 1. The lowest BCUT2D eigenvalue weighted by molar-refractivity contribution is -0.799. The van der Waals surface area contributed by atoms with Crippen LogP contribution in [0.2, 0.25) is 0 Å². The molecule has 1 aliphatic carbocycles. The van der Waals surface area contributed by atoms with Gasteiger partial charge >= 0.3 is 6.08 Å². The molecular weight excluding hydrogens is 258 g/mol. The van der Waals surface area contributed by atoms with Crippen LogP contribution < -0.4 is 0 Å². The van der Waals surface area contributed by atoms with Gasteiger partial charge in [0, 0.05) is 23.1 Å². The van der Waals surface area contributed by atoms with Gasteiger partial charge in [-0.05, 0) is 34.9 Å². The highest BCUT2D eigenvalue weighted by Gasteiger charge is 2.37. The van der Waals surface area contributed by atoms with Crippen LogP contribution in [0.15, 0.2) is 23.6 Å². The van der Waals surface area contributed by atoms with Crippen molar-refractivity contribution in [1.82, 2.24) is 0 Å². The molecule has 1 saturated carbocycles. The summed E-state index contributed by atoms with van der Waals surface area (Å²) in [6, 6.07) is 6.79. The maximum Gasteiger partial charge on any atom is 0.477 e. The Labute approximate surface area is 116 Å². The maximum absolute atomic E-state index is 10.8. The van der Waals surface area contributed by atoms with E-state index in [1.54, 1.807) is 11.3 Å². The number of hydrogen-bond donors (Lipinski definition) is 0. The van der Waals surface area contributed by atoms with Crippen LogP contribution in [0.25, 0.3) is 10.1 Å². The highest BCUT2D eigenvalue weighted by molar-refractivity contribution is 7.17. The molecular formula is C15H16NO2S+. The first-order valence-electron chi connectivity index (χ1n) is 6.60. The van der Waals surface area contributed by atoms with Crippen molar-refractivity contribution < 1.29 is 14.4 Å². The first-order valence-corrected chi connectivity index (χ1v) is 7.48. The molecule has 0 amide bonds. The summed E-state index contributed by atoms with van der Waals surface area (Å²) in [6.07, 6.45) is 4.95. The third-order valence-electron chi connectivity index (χ3n) is 3.45. The second-order valence-corrected chi connectivity index (χ2v) is 5.78. The molecule has 0 aliphatic heterocycles. The third kappa shape index (κ3) is 2.55. The van der Waals surface area contributed by atoms with Crippen molar-refractivity contribution in [2.75, 3.05) is 0 Å². The van der Waals surface area contributed by atoms with E-state index in [1.165, 1.54) is 20.4 Å². The Morgan fingerprint density at radius 3 is 3.00 bits per heavy atom. The highest BCUT2D eigenvalue weighted by Crippen LogP contribution is 2.29. The van der Waals surface area contributed by atoms with Gasteiger partial charge in [0.1, 0.15) is 0 Å². The second-order valence-electron chi connectivity index (χ2n) is 4.87. The molecule has 3 nitrogen and oxygen atoms in total. The van der Waals surface area contributed by atoms with Crippen molar-refractivity contribution in [2.45, 2.75) is 38.8 Å². The van der Waals surface area contributed by atoms with E-state index in [-0.39, 0.29) is 6.04 Å². The van der Waals surface area contributed by atoms with Gasteiger partial charge in [-0.3, -0.25) is 4.84 Å². The molecule has 0 saturated heterocycles. The van der Waals surface area contributed by atoms with Crippen molar-refractivity contribution in [1.29, 1.82) is 0 Å². The quantitative estimate of drug-likeness (QED) is 0.362. The Morgan fingerprint density at radius 2 is 2.32 bits per heavy atom. The average molecular weight is 274 g/mol. The van der Waals surface area contributed by atoms with Crippen LogP contribution in [0.1, 0.15) is 30.9 Å². The van der Waals surface area contributed by atoms with E-state index in [1.807, 2.05) is 6.08 Å². The molecule has 19 heavy (non-hydrogen) atoms. The Hall–Kier alpha value is -1.64. The Morgan fingerprint density at radius 1 is 1.47 bits per heavy atom. The van der Waals surface area contributed by atoms with Crippen LogP contribution in [0.4, 0.5) is 0 Å². The van der Waals surface area contributed by atoms with E-state index in [4.69, 9.17) is 4.84 Å². The van der Waals surface area contributed by atoms with E-state index < -0.39 is 0 Å². The van der Waals surface area contributed by atoms with E-state index in [2.05, 4.69) is 30.5 Å². The molecule has 4 heteroatoms.